The number of carbonyl (C=O) groups excluding carboxylic acids is 1. The Balaban J connectivity index is 1.40. The summed E-state index contributed by atoms with van der Waals surface area (Å²) >= 11 is 0. The second-order valence-electron chi connectivity index (χ2n) is 7.75. The van der Waals surface area contributed by atoms with Gasteiger partial charge in [-0.05, 0) is 35.6 Å². The van der Waals surface area contributed by atoms with Crippen molar-refractivity contribution in [3.63, 3.8) is 0 Å². The summed E-state index contributed by atoms with van der Waals surface area (Å²) in [5.74, 6) is 0.152. The molecule has 3 aromatic rings. The fourth-order valence-corrected chi connectivity index (χ4v) is 5.65. The van der Waals surface area contributed by atoms with E-state index in [0.717, 1.165) is 27.9 Å². The number of aromatic nitrogens is 3. The van der Waals surface area contributed by atoms with Gasteiger partial charge in [-0.25, -0.2) is 8.42 Å². The van der Waals surface area contributed by atoms with Gasteiger partial charge in [0.05, 0.1) is 11.5 Å². The lowest BCUT2D eigenvalue weighted by Gasteiger charge is -2.09. The number of rotatable bonds is 6. The van der Waals surface area contributed by atoms with Crippen LogP contribution in [0.1, 0.15) is 18.4 Å². The van der Waals surface area contributed by atoms with E-state index < -0.39 is 9.84 Å². The van der Waals surface area contributed by atoms with Crippen LogP contribution in [0.5, 0.6) is 0 Å². The Labute approximate surface area is 176 Å². The van der Waals surface area contributed by atoms with E-state index in [4.69, 9.17) is 0 Å². The molecule has 1 amide bonds. The van der Waals surface area contributed by atoms with Crippen LogP contribution in [-0.4, -0.2) is 40.6 Å². The first kappa shape index (κ1) is 20.3. The van der Waals surface area contributed by atoms with Crippen LogP contribution in [0.3, 0.4) is 0 Å². The molecule has 1 unspecified atom stereocenters. The minimum Gasteiger partial charge on any atom is -0.352 e. The number of pyridine rings is 1. The minimum atomic E-state index is -2.95. The van der Waals surface area contributed by atoms with Crippen molar-refractivity contribution in [1.82, 2.24) is 20.1 Å². The van der Waals surface area contributed by atoms with Gasteiger partial charge in [0.1, 0.15) is 5.69 Å². The average molecular weight is 425 g/mol. The van der Waals surface area contributed by atoms with Gasteiger partial charge in [-0.15, -0.1) is 0 Å². The van der Waals surface area contributed by atoms with Gasteiger partial charge >= 0.3 is 0 Å². The summed E-state index contributed by atoms with van der Waals surface area (Å²) in [5.41, 5.74) is 4.95. The lowest BCUT2D eigenvalue weighted by atomic mass is 10.0. The van der Waals surface area contributed by atoms with Crippen molar-refractivity contribution in [3.8, 4) is 22.4 Å². The minimum absolute atomic E-state index is 0.0619. The molecule has 156 valence electrons. The second-order valence-corrected chi connectivity index (χ2v) is 9.98. The molecule has 1 aliphatic rings. The number of aryl methyl sites for hydroxylation is 1. The first-order valence-corrected chi connectivity index (χ1v) is 11.7. The fourth-order valence-electron chi connectivity index (χ4n) is 3.79. The van der Waals surface area contributed by atoms with Crippen molar-refractivity contribution in [2.75, 3.05) is 11.5 Å². The van der Waals surface area contributed by atoms with Gasteiger partial charge in [-0.1, -0.05) is 24.3 Å². The van der Waals surface area contributed by atoms with Gasteiger partial charge in [-0.2, -0.15) is 5.10 Å². The second kappa shape index (κ2) is 8.39. The number of nitrogens with one attached hydrogen (secondary N) is 1. The van der Waals surface area contributed by atoms with E-state index in [1.165, 1.54) is 0 Å². The van der Waals surface area contributed by atoms with E-state index in [2.05, 4.69) is 15.4 Å². The molecule has 1 aromatic carbocycles. The number of nitrogens with zero attached hydrogens (tertiary/aromatic N) is 3. The van der Waals surface area contributed by atoms with E-state index in [-0.39, 0.29) is 29.8 Å². The highest BCUT2D eigenvalue weighted by Crippen LogP contribution is 2.30. The van der Waals surface area contributed by atoms with E-state index in [9.17, 15) is 13.2 Å². The van der Waals surface area contributed by atoms with E-state index in [1.54, 1.807) is 17.1 Å². The lowest BCUT2D eigenvalue weighted by molar-refractivity contribution is -0.122. The maximum Gasteiger partial charge on any atom is 0.220 e. The van der Waals surface area contributed by atoms with Crippen molar-refractivity contribution < 1.29 is 13.2 Å². The molecular weight excluding hydrogens is 400 g/mol. The normalized spacial score (nSPS) is 17.7. The van der Waals surface area contributed by atoms with Crippen LogP contribution < -0.4 is 5.32 Å². The summed E-state index contributed by atoms with van der Waals surface area (Å²) in [6.45, 7) is 0.415. The van der Waals surface area contributed by atoms with Gasteiger partial charge in [0.15, 0.2) is 9.84 Å². The van der Waals surface area contributed by atoms with Gasteiger partial charge in [0.25, 0.3) is 0 Å². The van der Waals surface area contributed by atoms with Gasteiger partial charge in [-0.3, -0.25) is 14.5 Å². The van der Waals surface area contributed by atoms with E-state index in [0.29, 0.717) is 13.0 Å². The average Bonchev–Trinajstić information content (AvgIpc) is 3.29. The molecule has 1 saturated heterocycles. The Morgan fingerprint density at radius 2 is 1.87 bits per heavy atom. The molecule has 4 rings (SSSR count). The molecule has 0 radical (unpaired) electrons. The third kappa shape index (κ3) is 4.76. The summed E-state index contributed by atoms with van der Waals surface area (Å²) in [4.78, 5) is 16.2. The smallest absolute Gasteiger partial charge is 0.220 e. The molecule has 7 nitrogen and oxygen atoms in total. The predicted octanol–water partition coefficient (Wildman–Crippen LogP) is 2.59. The molecule has 0 bridgehead atoms. The van der Waals surface area contributed by atoms with Crippen LogP contribution in [0.25, 0.3) is 22.4 Å². The standard InChI is InChI=1S/C22H24N4O3S/c1-26-14-20(18-6-9-23-10-7-18)22(25-26)19-4-2-16(3-5-19)13-24-21(27)12-17-8-11-30(28,29)15-17/h2-7,9-10,14,17H,8,11-13,15H2,1H3,(H,24,27). The van der Waals surface area contributed by atoms with Crippen molar-refractivity contribution in [2.24, 2.45) is 13.0 Å². The quantitative estimate of drug-likeness (QED) is 0.656. The first-order valence-electron chi connectivity index (χ1n) is 9.90. The van der Waals surface area contributed by atoms with Crippen LogP contribution in [0.4, 0.5) is 0 Å². The summed E-state index contributed by atoms with van der Waals surface area (Å²) < 4.78 is 24.8. The number of hydrogen-bond acceptors (Lipinski definition) is 5. The monoisotopic (exact) mass is 424 g/mol. The lowest BCUT2D eigenvalue weighted by Crippen LogP contribution is -2.25. The highest BCUT2D eigenvalue weighted by atomic mass is 32.2. The molecule has 1 atom stereocenters. The fraction of sp³-hybridized carbons (Fsp3) is 0.318. The zero-order valence-corrected chi connectivity index (χ0v) is 17.6. The maximum absolute atomic E-state index is 12.2. The summed E-state index contributed by atoms with van der Waals surface area (Å²) in [7, 11) is -1.06. The number of amides is 1. The number of hydrogen-bond donors (Lipinski definition) is 1. The van der Waals surface area contributed by atoms with Crippen LogP contribution in [-0.2, 0) is 28.2 Å². The first-order chi connectivity index (χ1) is 14.4. The van der Waals surface area contributed by atoms with Crippen LogP contribution in [0.15, 0.2) is 55.0 Å². The molecule has 30 heavy (non-hydrogen) atoms. The van der Waals surface area contributed by atoms with Crippen LogP contribution >= 0.6 is 0 Å². The molecule has 2 aromatic heterocycles. The third-order valence-corrected chi connectivity index (χ3v) is 7.17. The predicted molar refractivity (Wildman–Crippen MR) is 115 cm³/mol. The Morgan fingerprint density at radius 3 is 2.53 bits per heavy atom. The summed E-state index contributed by atoms with van der Waals surface area (Å²) in [6.07, 6.45) is 6.36. The molecule has 0 saturated carbocycles. The zero-order valence-electron chi connectivity index (χ0n) is 16.8. The molecule has 1 aliphatic heterocycles. The summed E-state index contributed by atoms with van der Waals surface area (Å²) in [5, 5.41) is 7.50. The van der Waals surface area contributed by atoms with Crippen molar-refractivity contribution >= 4 is 15.7 Å². The number of carbonyl (C=O) groups is 1. The third-order valence-electron chi connectivity index (χ3n) is 5.34. The van der Waals surface area contributed by atoms with Gasteiger partial charge in [0, 0.05) is 49.7 Å². The Morgan fingerprint density at radius 1 is 1.13 bits per heavy atom. The molecule has 0 aliphatic carbocycles. The highest BCUT2D eigenvalue weighted by Gasteiger charge is 2.29. The van der Waals surface area contributed by atoms with Crippen molar-refractivity contribution in [2.45, 2.75) is 19.4 Å². The van der Waals surface area contributed by atoms with Crippen LogP contribution in [0.2, 0.25) is 0 Å². The van der Waals surface area contributed by atoms with Gasteiger partial charge in [0.2, 0.25) is 5.91 Å². The molecule has 1 fully saturated rings. The maximum atomic E-state index is 12.2. The number of sulfone groups is 1. The van der Waals surface area contributed by atoms with Gasteiger partial charge < -0.3 is 5.32 Å². The zero-order chi connectivity index (χ0) is 21.1. The molecular formula is C22H24N4O3S. The SMILES string of the molecule is Cn1cc(-c2ccncc2)c(-c2ccc(CNC(=O)CC3CCS(=O)(=O)C3)cc2)n1. The summed E-state index contributed by atoms with van der Waals surface area (Å²) in [6, 6.07) is 11.9. The van der Waals surface area contributed by atoms with Crippen molar-refractivity contribution in [1.29, 1.82) is 0 Å². The van der Waals surface area contributed by atoms with E-state index in [1.807, 2.05) is 49.6 Å². The molecule has 8 heteroatoms. The van der Waals surface area contributed by atoms with Crippen molar-refractivity contribution in [3.05, 3.63) is 60.6 Å². The molecule has 0 spiro atoms. The Bertz CT molecular complexity index is 1140. The molecule has 3 heterocycles. The Kier molecular flexibility index (Phi) is 5.67. The number of benzene rings is 1. The molecule has 1 N–H and O–H groups in total. The largest absolute Gasteiger partial charge is 0.352 e. The van der Waals surface area contributed by atoms with E-state index >= 15 is 0 Å². The van der Waals surface area contributed by atoms with Crippen LogP contribution in [0, 0.1) is 5.92 Å². The Hall–Kier alpha value is -3.00. The highest BCUT2D eigenvalue weighted by molar-refractivity contribution is 7.91. The topological polar surface area (TPSA) is 94.0 Å².